The smallest absolute Gasteiger partial charge is 0.242 e. The minimum absolute atomic E-state index is 0.183. The van der Waals surface area contributed by atoms with Crippen molar-refractivity contribution in [2.45, 2.75) is 51.0 Å². The molecule has 1 aromatic carbocycles. The molecular weight excluding hydrogens is 288 g/mol. The minimum atomic E-state index is -0.505. The van der Waals surface area contributed by atoms with Crippen LogP contribution in [0.25, 0.3) is 0 Å². The highest BCUT2D eigenvalue weighted by molar-refractivity contribution is 5.89. The van der Waals surface area contributed by atoms with E-state index in [2.05, 4.69) is 24.3 Å². The summed E-state index contributed by atoms with van der Waals surface area (Å²) in [6.45, 7) is 4.47. The van der Waals surface area contributed by atoms with Gasteiger partial charge in [0, 0.05) is 13.1 Å². The van der Waals surface area contributed by atoms with Gasteiger partial charge >= 0.3 is 0 Å². The number of likely N-dealkylation sites (tertiary alicyclic amines) is 1. The van der Waals surface area contributed by atoms with E-state index >= 15 is 0 Å². The van der Waals surface area contributed by atoms with Gasteiger partial charge < -0.3 is 15.4 Å². The molecule has 0 bridgehead atoms. The van der Waals surface area contributed by atoms with Crippen LogP contribution in [0.2, 0.25) is 0 Å². The van der Waals surface area contributed by atoms with Gasteiger partial charge in [-0.15, -0.1) is 0 Å². The average Bonchev–Trinajstić information content (AvgIpc) is 3.33. The summed E-state index contributed by atoms with van der Waals surface area (Å²) in [5.41, 5.74) is 6.88. The van der Waals surface area contributed by atoms with Gasteiger partial charge in [0.05, 0.1) is 12.1 Å². The third-order valence-electron chi connectivity index (χ3n) is 5.19. The van der Waals surface area contributed by atoms with E-state index in [1.165, 1.54) is 12.0 Å². The Hall–Kier alpha value is -1.55. The summed E-state index contributed by atoms with van der Waals surface area (Å²) in [5, 5.41) is 0. The van der Waals surface area contributed by atoms with E-state index in [0.29, 0.717) is 6.61 Å². The van der Waals surface area contributed by atoms with Crippen LogP contribution in [-0.2, 0) is 11.2 Å². The van der Waals surface area contributed by atoms with E-state index in [4.69, 9.17) is 10.5 Å². The van der Waals surface area contributed by atoms with Crippen LogP contribution in [0, 0.1) is 5.92 Å². The molecule has 23 heavy (non-hydrogen) atoms. The second kappa shape index (κ2) is 6.91. The molecule has 4 nitrogen and oxygen atoms in total. The zero-order valence-electron chi connectivity index (χ0n) is 14.1. The lowest BCUT2D eigenvalue weighted by Gasteiger charge is -2.33. The van der Waals surface area contributed by atoms with Crippen LogP contribution in [0.15, 0.2) is 24.3 Å². The van der Waals surface area contributed by atoms with Gasteiger partial charge in [0.25, 0.3) is 0 Å². The summed E-state index contributed by atoms with van der Waals surface area (Å²) in [5.74, 6) is 1.85. The first-order valence-corrected chi connectivity index (χ1v) is 8.91. The van der Waals surface area contributed by atoms with Crippen molar-refractivity contribution < 1.29 is 9.53 Å². The van der Waals surface area contributed by atoms with Crippen LogP contribution in [0.1, 0.15) is 44.6 Å². The third kappa shape index (κ3) is 4.05. The molecule has 1 saturated heterocycles. The maximum Gasteiger partial charge on any atom is 0.242 e. The molecule has 126 valence electrons. The van der Waals surface area contributed by atoms with Crippen molar-refractivity contribution in [1.29, 1.82) is 0 Å². The molecule has 2 N–H and O–H groups in total. The van der Waals surface area contributed by atoms with E-state index in [0.717, 1.165) is 56.9 Å². The Kier molecular flexibility index (Phi) is 4.90. The number of hydrogen-bond acceptors (Lipinski definition) is 3. The predicted octanol–water partition coefficient (Wildman–Crippen LogP) is 2.75. The number of rotatable bonds is 6. The second-order valence-electron chi connectivity index (χ2n) is 7.01. The van der Waals surface area contributed by atoms with Gasteiger partial charge in [0.15, 0.2) is 0 Å². The van der Waals surface area contributed by atoms with Crippen molar-refractivity contribution in [3.05, 3.63) is 29.8 Å². The van der Waals surface area contributed by atoms with E-state index in [9.17, 15) is 4.79 Å². The fraction of sp³-hybridized carbons (Fsp3) is 0.632. The van der Waals surface area contributed by atoms with Gasteiger partial charge in [-0.3, -0.25) is 4.79 Å². The van der Waals surface area contributed by atoms with Crippen molar-refractivity contribution in [2.75, 3.05) is 19.7 Å². The van der Waals surface area contributed by atoms with Crippen LogP contribution in [-0.4, -0.2) is 36.0 Å². The van der Waals surface area contributed by atoms with Crippen LogP contribution in [0.4, 0.5) is 0 Å². The van der Waals surface area contributed by atoms with Gasteiger partial charge in [0.1, 0.15) is 5.75 Å². The van der Waals surface area contributed by atoms with Gasteiger partial charge in [0.2, 0.25) is 5.91 Å². The molecular formula is C19H28N2O2. The number of aryl methyl sites for hydroxylation is 1. The number of carbonyl (C=O) groups excluding carboxylic acids is 1. The quantitative estimate of drug-likeness (QED) is 0.878. The first-order chi connectivity index (χ1) is 11.1. The lowest BCUT2D eigenvalue weighted by Crippen LogP contribution is -2.48. The summed E-state index contributed by atoms with van der Waals surface area (Å²) in [7, 11) is 0. The van der Waals surface area contributed by atoms with Crippen LogP contribution in [0.3, 0.4) is 0 Å². The topological polar surface area (TPSA) is 55.6 Å². The van der Waals surface area contributed by atoms with Crippen LogP contribution in [0.5, 0.6) is 5.75 Å². The maximum absolute atomic E-state index is 12.2. The minimum Gasteiger partial charge on any atom is -0.494 e. The number of nitrogens with two attached hydrogens (primary N) is 1. The molecule has 0 unspecified atom stereocenters. The molecule has 1 heterocycles. The summed E-state index contributed by atoms with van der Waals surface area (Å²) < 4.78 is 5.47. The third-order valence-corrected chi connectivity index (χ3v) is 5.19. The first kappa shape index (κ1) is 16.3. The highest BCUT2D eigenvalue weighted by Crippen LogP contribution is 2.35. The Balaban J connectivity index is 1.41. The molecule has 4 heteroatoms. The fourth-order valence-corrected chi connectivity index (χ4v) is 3.38. The normalized spacial score (nSPS) is 20.3. The van der Waals surface area contributed by atoms with Crippen molar-refractivity contribution in [3.8, 4) is 5.75 Å². The summed E-state index contributed by atoms with van der Waals surface area (Å²) in [6, 6.07) is 8.43. The molecule has 0 radical (unpaired) electrons. The zero-order chi connectivity index (χ0) is 16.3. The maximum atomic E-state index is 12.2. The predicted molar refractivity (Wildman–Crippen MR) is 91.4 cm³/mol. The van der Waals surface area contributed by atoms with Crippen molar-refractivity contribution in [2.24, 2.45) is 11.7 Å². The Morgan fingerprint density at radius 1 is 1.26 bits per heavy atom. The fourth-order valence-electron chi connectivity index (χ4n) is 3.38. The summed E-state index contributed by atoms with van der Waals surface area (Å²) >= 11 is 0. The van der Waals surface area contributed by atoms with Crippen molar-refractivity contribution in [3.63, 3.8) is 0 Å². The molecule has 1 aliphatic carbocycles. The number of ether oxygens (including phenoxy) is 1. The van der Waals surface area contributed by atoms with E-state index < -0.39 is 5.54 Å². The molecule has 0 aromatic heterocycles. The summed E-state index contributed by atoms with van der Waals surface area (Å²) in [4.78, 5) is 14.2. The number of hydrogen-bond donors (Lipinski definition) is 1. The number of nitrogens with zero attached hydrogens (tertiary/aromatic N) is 1. The van der Waals surface area contributed by atoms with Gasteiger partial charge in [-0.2, -0.15) is 0 Å². The van der Waals surface area contributed by atoms with Gasteiger partial charge in [-0.1, -0.05) is 12.1 Å². The molecule has 1 saturated carbocycles. The second-order valence-corrected chi connectivity index (χ2v) is 7.01. The van der Waals surface area contributed by atoms with Crippen LogP contribution >= 0.6 is 0 Å². The number of piperidine rings is 1. The molecule has 3 rings (SSSR count). The molecule has 0 spiro atoms. The standard InChI is InChI=1S/C19H28N2O2/c1-2-23-17-7-5-15(6-8-17)3-4-16-9-13-21(14-10-16)18(22)19(20)11-12-19/h5-8,16H,2-4,9-14,20H2,1H3. The highest BCUT2D eigenvalue weighted by Gasteiger charge is 2.48. The Bertz CT molecular complexity index is 529. The molecule has 2 fully saturated rings. The first-order valence-electron chi connectivity index (χ1n) is 8.91. The number of amides is 1. The SMILES string of the molecule is CCOc1ccc(CCC2CCN(C(=O)C3(N)CC3)CC2)cc1. The highest BCUT2D eigenvalue weighted by atomic mass is 16.5. The number of carbonyl (C=O) groups is 1. The molecule has 1 aliphatic heterocycles. The Morgan fingerprint density at radius 2 is 1.91 bits per heavy atom. The molecule has 0 atom stereocenters. The lowest BCUT2D eigenvalue weighted by molar-refractivity contribution is -0.135. The van der Waals surface area contributed by atoms with Crippen LogP contribution < -0.4 is 10.5 Å². The average molecular weight is 316 g/mol. The van der Waals surface area contributed by atoms with E-state index in [1.54, 1.807) is 0 Å². The van der Waals surface area contributed by atoms with Gasteiger partial charge in [-0.05, 0) is 69.1 Å². The van der Waals surface area contributed by atoms with Crippen molar-refractivity contribution in [1.82, 2.24) is 4.90 Å². The van der Waals surface area contributed by atoms with E-state index in [1.807, 2.05) is 11.8 Å². The molecule has 2 aliphatic rings. The summed E-state index contributed by atoms with van der Waals surface area (Å²) in [6.07, 6.45) is 6.25. The molecule has 1 aromatic rings. The number of benzene rings is 1. The Morgan fingerprint density at radius 3 is 2.48 bits per heavy atom. The van der Waals surface area contributed by atoms with Gasteiger partial charge in [-0.25, -0.2) is 0 Å². The monoisotopic (exact) mass is 316 g/mol. The zero-order valence-corrected chi connectivity index (χ0v) is 14.1. The largest absolute Gasteiger partial charge is 0.494 e. The lowest BCUT2D eigenvalue weighted by atomic mass is 9.90. The Labute approximate surface area is 139 Å². The van der Waals surface area contributed by atoms with E-state index in [-0.39, 0.29) is 5.91 Å². The molecule has 1 amide bonds. The van der Waals surface area contributed by atoms with Crippen molar-refractivity contribution >= 4 is 5.91 Å².